The number of benzene rings is 1. The Kier molecular flexibility index (Phi) is 4.53. The topological polar surface area (TPSA) is 58.4 Å². The first-order valence-corrected chi connectivity index (χ1v) is 6.75. The Morgan fingerprint density at radius 3 is 2.45 bits per heavy atom. The van der Waals surface area contributed by atoms with Crippen molar-refractivity contribution in [1.82, 2.24) is 14.7 Å². The molecule has 0 unspecified atom stereocenters. The van der Waals surface area contributed by atoms with Crippen molar-refractivity contribution < 1.29 is 9.90 Å². The second-order valence-electron chi connectivity index (χ2n) is 4.52. The molecule has 5 heteroatoms. The molecule has 0 bridgehead atoms. The normalized spacial score (nSPS) is 10.9. The molecule has 1 aromatic carbocycles. The quantitative estimate of drug-likeness (QED) is 0.878. The smallest absolute Gasteiger partial charge is 0.339 e. The Hall–Kier alpha value is -2.14. The number of para-hydroxylation sites is 1. The highest BCUT2D eigenvalue weighted by atomic mass is 16.4. The van der Waals surface area contributed by atoms with Crippen LogP contribution in [0.1, 0.15) is 29.9 Å². The van der Waals surface area contributed by atoms with Crippen LogP contribution in [0.15, 0.2) is 36.5 Å². The highest BCUT2D eigenvalue weighted by molar-refractivity contribution is 5.88. The predicted molar refractivity (Wildman–Crippen MR) is 77.1 cm³/mol. The Labute approximate surface area is 118 Å². The summed E-state index contributed by atoms with van der Waals surface area (Å²) in [6.07, 6.45) is 1.42. The number of aromatic carboxylic acids is 1. The van der Waals surface area contributed by atoms with E-state index in [0.717, 1.165) is 18.8 Å². The summed E-state index contributed by atoms with van der Waals surface area (Å²) in [6.45, 7) is 6.44. The predicted octanol–water partition coefficient (Wildman–Crippen LogP) is 2.41. The summed E-state index contributed by atoms with van der Waals surface area (Å²) in [5.74, 6) is -0.936. The van der Waals surface area contributed by atoms with Crippen LogP contribution in [0.4, 0.5) is 0 Å². The second kappa shape index (κ2) is 6.34. The highest BCUT2D eigenvalue weighted by Crippen LogP contribution is 2.17. The Morgan fingerprint density at radius 2 is 1.90 bits per heavy atom. The van der Waals surface area contributed by atoms with Gasteiger partial charge in [-0.25, -0.2) is 9.48 Å². The molecule has 0 fully saturated rings. The summed E-state index contributed by atoms with van der Waals surface area (Å²) in [6, 6.07) is 9.60. The van der Waals surface area contributed by atoms with Crippen molar-refractivity contribution in [3.63, 3.8) is 0 Å². The minimum atomic E-state index is -0.936. The van der Waals surface area contributed by atoms with Gasteiger partial charge in [-0.3, -0.25) is 4.90 Å². The zero-order valence-electron chi connectivity index (χ0n) is 11.8. The second-order valence-corrected chi connectivity index (χ2v) is 4.52. The maximum absolute atomic E-state index is 11.4. The van der Waals surface area contributed by atoms with Crippen molar-refractivity contribution in [2.75, 3.05) is 13.1 Å². The Bertz CT molecular complexity index is 574. The average Bonchev–Trinajstić information content (AvgIpc) is 2.89. The minimum Gasteiger partial charge on any atom is -0.478 e. The number of carboxylic acid groups (broad SMARTS) is 1. The van der Waals surface area contributed by atoms with Crippen LogP contribution in [-0.4, -0.2) is 38.8 Å². The molecule has 0 aliphatic heterocycles. The molecule has 106 valence electrons. The summed E-state index contributed by atoms with van der Waals surface area (Å²) in [5, 5.41) is 13.6. The summed E-state index contributed by atoms with van der Waals surface area (Å²) in [4.78, 5) is 13.5. The average molecular weight is 273 g/mol. The molecule has 20 heavy (non-hydrogen) atoms. The van der Waals surface area contributed by atoms with E-state index in [-0.39, 0.29) is 5.56 Å². The van der Waals surface area contributed by atoms with E-state index in [1.807, 2.05) is 30.3 Å². The zero-order valence-corrected chi connectivity index (χ0v) is 11.8. The number of nitrogens with zero attached hydrogens (tertiary/aromatic N) is 3. The lowest BCUT2D eigenvalue weighted by Gasteiger charge is -2.19. The van der Waals surface area contributed by atoms with E-state index in [0.29, 0.717) is 12.2 Å². The van der Waals surface area contributed by atoms with Crippen molar-refractivity contribution in [1.29, 1.82) is 0 Å². The van der Waals surface area contributed by atoms with Crippen molar-refractivity contribution in [2.24, 2.45) is 0 Å². The maximum atomic E-state index is 11.4. The Morgan fingerprint density at radius 1 is 1.25 bits per heavy atom. The van der Waals surface area contributed by atoms with Crippen molar-refractivity contribution in [3.05, 3.63) is 47.8 Å². The van der Waals surface area contributed by atoms with Gasteiger partial charge in [-0.1, -0.05) is 32.0 Å². The standard InChI is InChI=1S/C15H19N3O2/c1-3-17(4-2)11-14-13(15(19)20)10-16-18(14)12-8-6-5-7-9-12/h5-10H,3-4,11H2,1-2H3,(H,19,20). The third-order valence-electron chi connectivity index (χ3n) is 3.37. The van der Waals surface area contributed by atoms with Gasteiger partial charge in [0.25, 0.3) is 0 Å². The van der Waals surface area contributed by atoms with Crippen molar-refractivity contribution in [3.8, 4) is 5.69 Å². The van der Waals surface area contributed by atoms with Crippen LogP contribution in [-0.2, 0) is 6.54 Å². The van der Waals surface area contributed by atoms with Gasteiger partial charge in [0.1, 0.15) is 5.56 Å². The first-order chi connectivity index (χ1) is 9.67. The molecular weight excluding hydrogens is 254 g/mol. The van der Waals surface area contributed by atoms with Gasteiger partial charge < -0.3 is 5.11 Å². The fourth-order valence-electron chi connectivity index (χ4n) is 2.16. The molecular formula is C15H19N3O2. The number of carboxylic acids is 1. The number of hydrogen-bond acceptors (Lipinski definition) is 3. The molecule has 2 aromatic rings. The largest absolute Gasteiger partial charge is 0.478 e. The van der Waals surface area contributed by atoms with E-state index in [4.69, 9.17) is 0 Å². The molecule has 1 heterocycles. The summed E-state index contributed by atoms with van der Waals surface area (Å²) in [5.41, 5.74) is 1.86. The van der Waals surface area contributed by atoms with Gasteiger partial charge >= 0.3 is 5.97 Å². The van der Waals surface area contributed by atoms with Crippen LogP contribution in [0.25, 0.3) is 5.69 Å². The zero-order chi connectivity index (χ0) is 14.5. The minimum absolute atomic E-state index is 0.265. The van der Waals surface area contributed by atoms with Gasteiger partial charge in [-0.15, -0.1) is 0 Å². The molecule has 1 N–H and O–H groups in total. The molecule has 0 spiro atoms. The molecule has 0 aliphatic rings. The van der Waals surface area contributed by atoms with Crippen molar-refractivity contribution in [2.45, 2.75) is 20.4 Å². The van der Waals surface area contributed by atoms with Crippen LogP contribution in [0, 0.1) is 0 Å². The van der Waals surface area contributed by atoms with Crippen LogP contribution in [0.3, 0.4) is 0 Å². The van der Waals surface area contributed by atoms with E-state index in [1.165, 1.54) is 6.20 Å². The molecule has 0 saturated carbocycles. The van der Waals surface area contributed by atoms with Crippen LogP contribution < -0.4 is 0 Å². The summed E-state index contributed by atoms with van der Waals surface area (Å²) >= 11 is 0. The fourth-order valence-corrected chi connectivity index (χ4v) is 2.16. The van der Waals surface area contributed by atoms with Crippen molar-refractivity contribution >= 4 is 5.97 Å². The maximum Gasteiger partial charge on any atom is 0.339 e. The third kappa shape index (κ3) is 2.88. The van der Waals surface area contributed by atoms with Crippen LogP contribution >= 0.6 is 0 Å². The molecule has 0 amide bonds. The van der Waals surface area contributed by atoms with E-state index in [1.54, 1.807) is 4.68 Å². The third-order valence-corrected chi connectivity index (χ3v) is 3.37. The highest BCUT2D eigenvalue weighted by Gasteiger charge is 2.19. The van der Waals surface area contributed by atoms with Crippen LogP contribution in [0.2, 0.25) is 0 Å². The SMILES string of the molecule is CCN(CC)Cc1c(C(=O)O)cnn1-c1ccccc1. The number of hydrogen-bond donors (Lipinski definition) is 1. The molecule has 0 atom stereocenters. The van der Waals surface area contributed by atoms with Gasteiger partial charge in [-0.2, -0.15) is 5.10 Å². The molecule has 0 radical (unpaired) electrons. The number of aromatic nitrogens is 2. The van der Waals surface area contributed by atoms with Crippen LogP contribution in [0.5, 0.6) is 0 Å². The van der Waals surface area contributed by atoms with E-state index in [2.05, 4.69) is 23.8 Å². The lowest BCUT2D eigenvalue weighted by Crippen LogP contribution is -2.25. The first kappa shape index (κ1) is 14.3. The molecule has 1 aromatic heterocycles. The molecule has 0 aliphatic carbocycles. The number of carbonyl (C=O) groups is 1. The van der Waals surface area contributed by atoms with E-state index >= 15 is 0 Å². The van der Waals surface area contributed by atoms with Gasteiger partial charge in [-0.05, 0) is 25.2 Å². The first-order valence-electron chi connectivity index (χ1n) is 6.75. The summed E-state index contributed by atoms with van der Waals surface area (Å²) < 4.78 is 1.71. The number of rotatable bonds is 6. The van der Waals surface area contributed by atoms with Gasteiger partial charge in [0.2, 0.25) is 0 Å². The Balaban J connectivity index is 2.45. The van der Waals surface area contributed by atoms with E-state index in [9.17, 15) is 9.90 Å². The fraction of sp³-hybridized carbons (Fsp3) is 0.333. The summed E-state index contributed by atoms with van der Waals surface area (Å²) in [7, 11) is 0. The van der Waals surface area contributed by atoms with Gasteiger partial charge in [0.05, 0.1) is 17.6 Å². The monoisotopic (exact) mass is 273 g/mol. The van der Waals surface area contributed by atoms with E-state index < -0.39 is 5.97 Å². The molecule has 0 saturated heterocycles. The lowest BCUT2D eigenvalue weighted by atomic mass is 10.2. The van der Waals surface area contributed by atoms with Gasteiger partial charge in [0, 0.05) is 6.54 Å². The molecule has 2 rings (SSSR count). The molecule has 5 nitrogen and oxygen atoms in total. The lowest BCUT2D eigenvalue weighted by molar-refractivity contribution is 0.0694. The van der Waals surface area contributed by atoms with Gasteiger partial charge in [0.15, 0.2) is 0 Å².